The Hall–Kier alpha value is -0.290. The van der Waals surface area contributed by atoms with Crippen LogP contribution in [0.25, 0.3) is 0 Å². The molecule has 0 bridgehead atoms. The molecule has 1 aliphatic carbocycles. The van der Waals surface area contributed by atoms with Crippen LogP contribution in [-0.2, 0) is 4.74 Å². The molecule has 2 atom stereocenters. The van der Waals surface area contributed by atoms with Crippen molar-refractivity contribution in [2.45, 2.75) is 51.1 Å². The number of nitrogens with one attached hydrogen (secondary N) is 1. The van der Waals surface area contributed by atoms with Crippen molar-refractivity contribution < 1.29 is 17.9 Å². The van der Waals surface area contributed by atoms with Crippen LogP contribution in [-0.4, -0.2) is 33.0 Å². The topological polar surface area (TPSA) is 21.3 Å². The lowest BCUT2D eigenvalue weighted by atomic mass is 9.84. The van der Waals surface area contributed by atoms with Crippen LogP contribution >= 0.6 is 0 Å². The quantitative estimate of drug-likeness (QED) is 0.566. The summed E-state index contributed by atoms with van der Waals surface area (Å²) in [7, 11) is 1.97. The summed E-state index contributed by atoms with van der Waals surface area (Å²) in [5, 5.41) is 3.24. The van der Waals surface area contributed by atoms with Gasteiger partial charge in [0.1, 0.15) is 6.61 Å². The van der Waals surface area contributed by atoms with Crippen molar-refractivity contribution in [3.8, 4) is 0 Å². The standard InChI is InChI=1S/C14H26F3NO/c1-18-10-13-7-4-2-3-6-12(13)8-5-9-19-11-14(15,16)17/h12-13,18H,2-11H2,1H3. The van der Waals surface area contributed by atoms with Crippen LogP contribution in [0.3, 0.4) is 0 Å². The lowest BCUT2D eigenvalue weighted by Gasteiger charge is -2.25. The molecule has 19 heavy (non-hydrogen) atoms. The van der Waals surface area contributed by atoms with Gasteiger partial charge in [0.2, 0.25) is 0 Å². The first-order chi connectivity index (χ1) is 9.03. The Labute approximate surface area is 114 Å². The molecule has 1 rings (SSSR count). The maximum atomic E-state index is 11.9. The van der Waals surface area contributed by atoms with Crippen molar-refractivity contribution in [3.63, 3.8) is 0 Å². The summed E-state index contributed by atoms with van der Waals surface area (Å²) in [6.07, 6.45) is 3.83. The molecule has 5 heteroatoms. The van der Waals surface area contributed by atoms with Gasteiger partial charge >= 0.3 is 6.18 Å². The molecule has 2 nitrogen and oxygen atoms in total. The van der Waals surface area contributed by atoms with Gasteiger partial charge in [-0.15, -0.1) is 0 Å². The molecule has 0 saturated heterocycles. The van der Waals surface area contributed by atoms with Crippen LogP contribution in [0.1, 0.15) is 44.9 Å². The summed E-state index contributed by atoms with van der Waals surface area (Å²) in [5.41, 5.74) is 0. The first-order valence-corrected chi connectivity index (χ1v) is 7.32. The number of ether oxygens (including phenoxy) is 1. The Balaban J connectivity index is 2.20. The van der Waals surface area contributed by atoms with E-state index in [0.29, 0.717) is 11.8 Å². The Morgan fingerprint density at radius 2 is 1.79 bits per heavy atom. The molecule has 1 fully saturated rings. The largest absolute Gasteiger partial charge is 0.411 e. The molecule has 0 aromatic heterocycles. The minimum absolute atomic E-state index is 0.224. The predicted molar refractivity (Wildman–Crippen MR) is 70.1 cm³/mol. The maximum absolute atomic E-state index is 11.9. The Kier molecular flexibility index (Phi) is 7.76. The molecular formula is C14H26F3NO. The molecule has 0 aromatic carbocycles. The highest BCUT2D eigenvalue weighted by atomic mass is 19.4. The van der Waals surface area contributed by atoms with Gasteiger partial charge in [-0.05, 0) is 44.7 Å². The van der Waals surface area contributed by atoms with E-state index >= 15 is 0 Å². The van der Waals surface area contributed by atoms with Crippen molar-refractivity contribution >= 4 is 0 Å². The fraction of sp³-hybridized carbons (Fsp3) is 1.00. The summed E-state index contributed by atoms with van der Waals surface area (Å²) in [4.78, 5) is 0. The van der Waals surface area contributed by atoms with E-state index in [2.05, 4.69) is 10.1 Å². The van der Waals surface area contributed by atoms with Gasteiger partial charge in [-0.3, -0.25) is 0 Å². The second-order valence-electron chi connectivity index (χ2n) is 5.53. The third-order valence-electron chi connectivity index (χ3n) is 3.91. The van der Waals surface area contributed by atoms with E-state index in [-0.39, 0.29) is 6.61 Å². The summed E-state index contributed by atoms with van der Waals surface area (Å²) in [6.45, 7) is 0.133. The third kappa shape index (κ3) is 7.78. The van der Waals surface area contributed by atoms with E-state index in [1.807, 2.05) is 7.05 Å². The van der Waals surface area contributed by atoms with Crippen LogP contribution in [0.2, 0.25) is 0 Å². The number of halogens is 3. The molecule has 1 aliphatic rings. The summed E-state index contributed by atoms with van der Waals surface area (Å²) in [6, 6.07) is 0. The fourth-order valence-corrected chi connectivity index (χ4v) is 3.01. The highest BCUT2D eigenvalue weighted by Crippen LogP contribution is 2.31. The number of alkyl halides is 3. The van der Waals surface area contributed by atoms with E-state index in [1.54, 1.807) is 0 Å². The average Bonchev–Trinajstić information content (AvgIpc) is 2.54. The van der Waals surface area contributed by atoms with Gasteiger partial charge in [-0.2, -0.15) is 13.2 Å². The van der Waals surface area contributed by atoms with Gasteiger partial charge in [-0.25, -0.2) is 0 Å². The van der Waals surface area contributed by atoms with Gasteiger partial charge < -0.3 is 10.1 Å². The van der Waals surface area contributed by atoms with Crippen molar-refractivity contribution in [2.75, 3.05) is 26.8 Å². The molecule has 1 N–H and O–H groups in total. The van der Waals surface area contributed by atoms with Crippen LogP contribution < -0.4 is 5.32 Å². The molecule has 0 aromatic rings. The van der Waals surface area contributed by atoms with Gasteiger partial charge in [0, 0.05) is 6.61 Å². The summed E-state index contributed by atoms with van der Waals surface area (Å²) >= 11 is 0. The minimum atomic E-state index is -4.20. The lowest BCUT2D eigenvalue weighted by molar-refractivity contribution is -0.174. The highest BCUT2D eigenvalue weighted by molar-refractivity contribution is 4.75. The molecule has 0 radical (unpaired) electrons. The van der Waals surface area contributed by atoms with Crippen LogP contribution in [0, 0.1) is 11.8 Å². The minimum Gasteiger partial charge on any atom is -0.372 e. The smallest absolute Gasteiger partial charge is 0.372 e. The molecule has 0 aliphatic heterocycles. The molecule has 0 spiro atoms. The van der Waals surface area contributed by atoms with Crippen molar-refractivity contribution in [2.24, 2.45) is 11.8 Å². The Morgan fingerprint density at radius 3 is 2.42 bits per heavy atom. The van der Waals surface area contributed by atoms with Gasteiger partial charge in [0.15, 0.2) is 0 Å². The third-order valence-corrected chi connectivity index (χ3v) is 3.91. The van der Waals surface area contributed by atoms with Gasteiger partial charge in [0.25, 0.3) is 0 Å². The van der Waals surface area contributed by atoms with E-state index in [9.17, 15) is 13.2 Å². The van der Waals surface area contributed by atoms with E-state index in [4.69, 9.17) is 0 Å². The van der Waals surface area contributed by atoms with E-state index in [1.165, 1.54) is 32.1 Å². The van der Waals surface area contributed by atoms with Crippen LogP contribution in [0.4, 0.5) is 13.2 Å². The monoisotopic (exact) mass is 281 g/mol. The van der Waals surface area contributed by atoms with Gasteiger partial charge in [0.05, 0.1) is 0 Å². The van der Waals surface area contributed by atoms with Crippen molar-refractivity contribution in [1.29, 1.82) is 0 Å². The Morgan fingerprint density at radius 1 is 1.11 bits per heavy atom. The Bertz CT molecular complexity index is 233. The fourth-order valence-electron chi connectivity index (χ4n) is 3.01. The SMILES string of the molecule is CNCC1CCCCCC1CCCOCC(F)(F)F. The second-order valence-corrected chi connectivity index (χ2v) is 5.53. The normalized spacial score (nSPS) is 25.3. The highest BCUT2D eigenvalue weighted by Gasteiger charge is 2.27. The zero-order chi connectivity index (χ0) is 14.1. The summed E-state index contributed by atoms with van der Waals surface area (Å²) < 4.78 is 40.4. The predicted octanol–water partition coefficient (Wildman–Crippen LogP) is 3.76. The van der Waals surface area contributed by atoms with Crippen molar-refractivity contribution in [1.82, 2.24) is 5.32 Å². The van der Waals surface area contributed by atoms with Gasteiger partial charge in [-0.1, -0.05) is 25.7 Å². The average molecular weight is 281 g/mol. The second kappa shape index (κ2) is 8.80. The number of rotatable bonds is 7. The molecule has 0 heterocycles. The molecule has 114 valence electrons. The van der Waals surface area contributed by atoms with Crippen LogP contribution in [0.5, 0.6) is 0 Å². The maximum Gasteiger partial charge on any atom is 0.411 e. The molecule has 0 amide bonds. The zero-order valence-corrected chi connectivity index (χ0v) is 11.8. The summed E-state index contributed by atoms with van der Waals surface area (Å²) in [5.74, 6) is 1.32. The van der Waals surface area contributed by atoms with E-state index in [0.717, 1.165) is 19.4 Å². The first kappa shape index (κ1) is 16.8. The number of hydrogen-bond donors (Lipinski definition) is 1. The zero-order valence-electron chi connectivity index (χ0n) is 11.8. The molecule has 1 saturated carbocycles. The molecule has 2 unspecified atom stereocenters. The first-order valence-electron chi connectivity index (χ1n) is 7.32. The van der Waals surface area contributed by atoms with Crippen molar-refractivity contribution in [3.05, 3.63) is 0 Å². The lowest BCUT2D eigenvalue weighted by Crippen LogP contribution is -2.25. The molecular weight excluding hydrogens is 255 g/mol. The van der Waals surface area contributed by atoms with Crippen LogP contribution in [0.15, 0.2) is 0 Å². The number of hydrogen-bond acceptors (Lipinski definition) is 2. The van der Waals surface area contributed by atoms with E-state index < -0.39 is 12.8 Å².